The van der Waals surface area contributed by atoms with Gasteiger partial charge in [-0.1, -0.05) is 29.3 Å². The van der Waals surface area contributed by atoms with Crippen molar-refractivity contribution in [3.05, 3.63) is 52.3 Å². The summed E-state index contributed by atoms with van der Waals surface area (Å²) < 4.78 is 4.89. The molecule has 0 radical (unpaired) electrons. The molecule has 0 aliphatic carbocycles. The molecule has 22 heavy (non-hydrogen) atoms. The number of rotatable bonds is 5. The summed E-state index contributed by atoms with van der Waals surface area (Å²) >= 11 is 11.8. The summed E-state index contributed by atoms with van der Waals surface area (Å²) in [5, 5.41) is 13.9. The fraction of sp³-hybridized carbons (Fsp3) is 0.0714. The number of oxazole rings is 1. The van der Waals surface area contributed by atoms with E-state index in [2.05, 4.69) is 15.6 Å². The van der Waals surface area contributed by atoms with Crippen LogP contribution in [0.1, 0.15) is 5.56 Å². The van der Waals surface area contributed by atoms with Gasteiger partial charge in [-0.3, -0.25) is 15.5 Å². The van der Waals surface area contributed by atoms with Gasteiger partial charge in [-0.25, -0.2) is 4.98 Å². The molecule has 3 N–H and O–H groups in total. The number of halogens is 2. The second-order valence-corrected chi connectivity index (χ2v) is 4.96. The van der Waals surface area contributed by atoms with Crippen LogP contribution < -0.4 is 10.6 Å². The van der Waals surface area contributed by atoms with E-state index in [1.807, 2.05) is 0 Å². The van der Waals surface area contributed by atoms with Crippen molar-refractivity contribution in [1.29, 1.82) is 5.41 Å². The van der Waals surface area contributed by atoms with Gasteiger partial charge in [0.25, 0.3) is 5.91 Å². The number of anilines is 1. The average Bonchev–Trinajstić information content (AvgIpc) is 3.00. The Balaban J connectivity index is 2.18. The second-order valence-electron chi connectivity index (χ2n) is 4.14. The molecule has 1 amide bonds. The quantitative estimate of drug-likeness (QED) is 0.730. The number of nitrogens with one attached hydrogen (secondary N) is 3. The summed E-state index contributed by atoms with van der Waals surface area (Å²) in [6.07, 6.45) is 4.09. The lowest BCUT2D eigenvalue weighted by molar-refractivity contribution is -0.110. The molecule has 2 aromatic rings. The minimum absolute atomic E-state index is 0.0312. The van der Waals surface area contributed by atoms with Crippen molar-refractivity contribution in [3.8, 4) is 0 Å². The Bertz CT molecular complexity index is 726. The molecule has 8 heteroatoms. The van der Waals surface area contributed by atoms with Crippen LogP contribution in [0.25, 0.3) is 5.70 Å². The van der Waals surface area contributed by atoms with Crippen LogP contribution in [-0.2, 0) is 4.79 Å². The first-order valence-corrected chi connectivity index (χ1v) is 6.91. The number of hydrogen-bond donors (Lipinski definition) is 3. The van der Waals surface area contributed by atoms with Crippen LogP contribution >= 0.6 is 23.2 Å². The first kappa shape index (κ1) is 16.1. The SMILES string of the molecule is CN/C(=C\C(=N)C(=O)Nc1ncco1)c1ccc(Cl)c(Cl)c1. The van der Waals surface area contributed by atoms with Gasteiger partial charge in [-0.15, -0.1) is 0 Å². The predicted molar refractivity (Wildman–Crippen MR) is 86.4 cm³/mol. The number of carbonyl (C=O) groups is 1. The number of nitrogens with zero attached hydrogens (tertiary/aromatic N) is 1. The van der Waals surface area contributed by atoms with Gasteiger partial charge in [0.2, 0.25) is 0 Å². The fourth-order valence-corrected chi connectivity index (χ4v) is 1.92. The highest BCUT2D eigenvalue weighted by molar-refractivity contribution is 6.46. The number of aromatic nitrogens is 1. The van der Waals surface area contributed by atoms with Crippen LogP contribution in [0, 0.1) is 5.41 Å². The van der Waals surface area contributed by atoms with Crippen molar-refractivity contribution in [1.82, 2.24) is 10.3 Å². The zero-order valence-corrected chi connectivity index (χ0v) is 13.0. The van der Waals surface area contributed by atoms with E-state index < -0.39 is 5.91 Å². The topological polar surface area (TPSA) is 91.0 Å². The first-order chi connectivity index (χ1) is 10.5. The zero-order valence-electron chi connectivity index (χ0n) is 11.5. The van der Waals surface area contributed by atoms with Gasteiger partial charge in [0, 0.05) is 12.7 Å². The van der Waals surface area contributed by atoms with Crippen LogP contribution in [-0.4, -0.2) is 23.7 Å². The lowest BCUT2D eigenvalue weighted by Crippen LogP contribution is -2.22. The van der Waals surface area contributed by atoms with E-state index >= 15 is 0 Å². The van der Waals surface area contributed by atoms with Crippen LogP contribution in [0.4, 0.5) is 6.01 Å². The molecule has 2 rings (SSSR count). The largest absolute Gasteiger partial charge is 0.432 e. The fourth-order valence-electron chi connectivity index (χ4n) is 1.62. The molecule has 1 aromatic carbocycles. The maximum Gasteiger partial charge on any atom is 0.301 e. The molecule has 0 aliphatic heterocycles. The Kier molecular flexibility index (Phi) is 5.19. The van der Waals surface area contributed by atoms with E-state index in [9.17, 15) is 4.79 Å². The maximum atomic E-state index is 11.9. The van der Waals surface area contributed by atoms with E-state index in [0.717, 1.165) is 0 Å². The van der Waals surface area contributed by atoms with Crippen molar-refractivity contribution < 1.29 is 9.21 Å². The summed E-state index contributed by atoms with van der Waals surface area (Å²) in [5.74, 6) is -0.643. The first-order valence-electron chi connectivity index (χ1n) is 6.15. The third-order valence-electron chi connectivity index (χ3n) is 2.69. The van der Waals surface area contributed by atoms with Crippen molar-refractivity contribution in [2.24, 2.45) is 0 Å². The normalized spacial score (nSPS) is 11.1. The van der Waals surface area contributed by atoms with Crippen LogP contribution in [0.2, 0.25) is 10.0 Å². The van der Waals surface area contributed by atoms with Gasteiger partial charge in [0.15, 0.2) is 0 Å². The van der Waals surface area contributed by atoms with E-state index in [1.54, 1.807) is 25.2 Å². The van der Waals surface area contributed by atoms with Crippen LogP contribution in [0.15, 0.2) is 41.2 Å². The molecule has 0 atom stereocenters. The van der Waals surface area contributed by atoms with Gasteiger partial charge in [0.05, 0.1) is 16.2 Å². The minimum atomic E-state index is -0.643. The molecule has 0 saturated carbocycles. The van der Waals surface area contributed by atoms with E-state index in [4.69, 9.17) is 33.0 Å². The highest BCUT2D eigenvalue weighted by Gasteiger charge is 2.12. The van der Waals surface area contributed by atoms with E-state index in [-0.39, 0.29) is 11.7 Å². The Morgan fingerprint density at radius 3 is 2.73 bits per heavy atom. The number of hydrogen-bond acceptors (Lipinski definition) is 5. The smallest absolute Gasteiger partial charge is 0.301 e. The van der Waals surface area contributed by atoms with Crippen molar-refractivity contribution in [2.75, 3.05) is 12.4 Å². The van der Waals surface area contributed by atoms with Gasteiger partial charge in [-0.05, 0) is 23.8 Å². The molecular formula is C14H12Cl2N4O2. The number of benzene rings is 1. The van der Waals surface area contributed by atoms with Crippen molar-refractivity contribution in [2.45, 2.75) is 0 Å². The summed E-state index contributed by atoms with van der Waals surface area (Å²) in [6, 6.07) is 5.05. The summed E-state index contributed by atoms with van der Waals surface area (Å²) in [6.45, 7) is 0. The second kappa shape index (κ2) is 7.11. The molecule has 0 spiro atoms. The van der Waals surface area contributed by atoms with Gasteiger partial charge in [-0.2, -0.15) is 0 Å². The minimum Gasteiger partial charge on any atom is -0.432 e. The van der Waals surface area contributed by atoms with Crippen molar-refractivity contribution in [3.63, 3.8) is 0 Å². The Hall–Kier alpha value is -2.31. The standard InChI is InChI=1S/C14H12Cl2N4O2/c1-18-12(8-2-3-9(15)10(16)6-8)7-11(17)13(21)20-14-19-4-5-22-14/h2-7,17-18H,1H3,(H,19,20,21)/b12-7-,17-11?. The third-order valence-corrected chi connectivity index (χ3v) is 3.43. The Labute approximate surface area is 136 Å². The van der Waals surface area contributed by atoms with Crippen LogP contribution in [0.3, 0.4) is 0 Å². The van der Waals surface area contributed by atoms with E-state index in [0.29, 0.717) is 21.3 Å². The zero-order chi connectivity index (χ0) is 16.1. The summed E-state index contributed by atoms with van der Waals surface area (Å²) in [4.78, 5) is 15.6. The lowest BCUT2D eigenvalue weighted by atomic mass is 10.1. The molecule has 1 aromatic heterocycles. The number of amides is 1. The van der Waals surface area contributed by atoms with Crippen molar-refractivity contribution >= 4 is 46.5 Å². The van der Waals surface area contributed by atoms with Crippen LogP contribution in [0.5, 0.6) is 0 Å². The molecule has 0 fully saturated rings. The molecule has 0 aliphatic rings. The molecule has 1 heterocycles. The monoisotopic (exact) mass is 338 g/mol. The summed E-state index contributed by atoms with van der Waals surface area (Å²) in [5.41, 5.74) is 0.977. The third kappa shape index (κ3) is 3.87. The highest BCUT2D eigenvalue weighted by Crippen LogP contribution is 2.25. The van der Waals surface area contributed by atoms with Gasteiger partial charge < -0.3 is 9.73 Å². The van der Waals surface area contributed by atoms with E-state index in [1.165, 1.54) is 18.5 Å². The number of carbonyl (C=O) groups excluding carboxylic acids is 1. The Morgan fingerprint density at radius 2 is 2.14 bits per heavy atom. The molecule has 0 unspecified atom stereocenters. The molecular weight excluding hydrogens is 327 g/mol. The molecule has 114 valence electrons. The molecule has 0 saturated heterocycles. The predicted octanol–water partition coefficient (Wildman–Crippen LogP) is 3.20. The Morgan fingerprint density at radius 1 is 1.36 bits per heavy atom. The maximum absolute atomic E-state index is 11.9. The van der Waals surface area contributed by atoms with Gasteiger partial charge >= 0.3 is 6.01 Å². The average molecular weight is 339 g/mol. The summed E-state index contributed by atoms with van der Waals surface area (Å²) in [7, 11) is 1.67. The highest BCUT2D eigenvalue weighted by atomic mass is 35.5. The lowest BCUT2D eigenvalue weighted by Gasteiger charge is -2.09. The molecule has 0 bridgehead atoms. The van der Waals surface area contributed by atoms with Gasteiger partial charge in [0.1, 0.15) is 12.0 Å². The molecule has 6 nitrogen and oxygen atoms in total.